The Labute approximate surface area is 149 Å². The van der Waals surface area contributed by atoms with Crippen LogP contribution >= 0.6 is 22.9 Å². The number of Topliss-reactive ketones (excluding diaryl/α,β-unsaturated/α-hetero) is 1. The number of hydrogen-bond acceptors (Lipinski definition) is 5. The molecule has 0 saturated carbocycles. The van der Waals surface area contributed by atoms with Crippen molar-refractivity contribution in [2.45, 2.75) is 12.8 Å². The van der Waals surface area contributed by atoms with Crippen LogP contribution in [0.25, 0.3) is 10.6 Å². The van der Waals surface area contributed by atoms with Gasteiger partial charge in [-0.25, -0.2) is 4.98 Å². The zero-order valence-corrected chi connectivity index (χ0v) is 14.4. The zero-order chi connectivity index (χ0) is 16.8. The number of thiazole rings is 1. The zero-order valence-electron chi connectivity index (χ0n) is 12.8. The molecule has 0 N–H and O–H groups in total. The quantitative estimate of drug-likeness (QED) is 0.445. The molecule has 122 valence electrons. The second kappa shape index (κ2) is 8.04. The molecule has 0 atom stereocenters. The van der Waals surface area contributed by atoms with E-state index in [0.29, 0.717) is 29.3 Å². The molecule has 0 fully saturated rings. The Hall–Kier alpha value is -2.24. The van der Waals surface area contributed by atoms with Gasteiger partial charge in [0.15, 0.2) is 10.9 Å². The Morgan fingerprint density at radius 1 is 1.17 bits per heavy atom. The van der Waals surface area contributed by atoms with Crippen molar-refractivity contribution in [3.63, 3.8) is 0 Å². The van der Waals surface area contributed by atoms with Crippen molar-refractivity contribution in [3.05, 3.63) is 64.9 Å². The van der Waals surface area contributed by atoms with E-state index in [-0.39, 0.29) is 10.9 Å². The Morgan fingerprint density at radius 3 is 2.75 bits per heavy atom. The lowest BCUT2D eigenvalue weighted by molar-refractivity contribution is 0.0977. The minimum Gasteiger partial charge on any atom is -0.494 e. The van der Waals surface area contributed by atoms with Gasteiger partial charge in [-0.1, -0.05) is 29.8 Å². The summed E-state index contributed by atoms with van der Waals surface area (Å²) in [7, 11) is 0. The molecule has 0 amide bonds. The Balaban J connectivity index is 1.56. The summed E-state index contributed by atoms with van der Waals surface area (Å²) in [5.74, 6) is 0.795. The monoisotopic (exact) mass is 358 g/mol. The molecule has 3 aromatic rings. The molecule has 0 unspecified atom stereocenters. The van der Waals surface area contributed by atoms with Gasteiger partial charge in [0.05, 0.1) is 6.61 Å². The third kappa shape index (κ3) is 4.19. The van der Waals surface area contributed by atoms with Crippen LogP contribution in [0, 0.1) is 0 Å². The Morgan fingerprint density at radius 2 is 2.00 bits per heavy atom. The molecule has 0 saturated heterocycles. The molecule has 0 radical (unpaired) electrons. The van der Waals surface area contributed by atoms with Gasteiger partial charge in [0.2, 0.25) is 0 Å². The largest absolute Gasteiger partial charge is 0.494 e. The number of carbonyl (C=O) groups is 1. The number of rotatable bonds is 7. The minimum atomic E-state index is -0.00991. The lowest BCUT2D eigenvalue weighted by atomic mass is 10.2. The van der Waals surface area contributed by atoms with E-state index in [1.807, 2.05) is 42.5 Å². The number of nitrogens with zero attached hydrogens (tertiary/aromatic N) is 2. The van der Waals surface area contributed by atoms with E-state index in [4.69, 9.17) is 16.3 Å². The van der Waals surface area contributed by atoms with Gasteiger partial charge in [0, 0.05) is 24.4 Å². The van der Waals surface area contributed by atoms with Gasteiger partial charge < -0.3 is 4.74 Å². The molecule has 0 aliphatic rings. The highest BCUT2D eigenvalue weighted by molar-refractivity contribution is 7.17. The number of benzene rings is 1. The number of carbonyl (C=O) groups excluding carboxylic acids is 1. The summed E-state index contributed by atoms with van der Waals surface area (Å²) in [5, 5.41) is 0.963. The van der Waals surface area contributed by atoms with Gasteiger partial charge in [-0.2, -0.15) is 0 Å². The van der Waals surface area contributed by atoms with Gasteiger partial charge in [-0.3, -0.25) is 9.78 Å². The minimum absolute atomic E-state index is 0.00991. The van der Waals surface area contributed by atoms with Crippen LogP contribution in [0.2, 0.25) is 5.15 Å². The fourth-order valence-corrected chi connectivity index (χ4v) is 3.41. The average molecular weight is 359 g/mol. The summed E-state index contributed by atoms with van der Waals surface area (Å²) >= 11 is 7.43. The first-order valence-corrected chi connectivity index (χ1v) is 8.71. The van der Waals surface area contributed by atoms with Crippen molar-refractivity contribution in [2.75, 3.05) is 6.61 Å². The predicted molar refractivity (Wildman–Crippen MR) is 95.9 cm³/mol. The first-order chi connectivity index (χ1) is 11.7. The molecule has 2 aromatic heterocycles. The van der Waals surface area contributed by atoms with E-state index in [0.717, 1.165) is 11.3 Å². The van der Waals surface area contributed by atoms with E-state index >= 15 is 0 Å². The topological polar surface area (TPSA) is 52.1 Å². The number of hydrogen-bond donors (Lipinski definition) is 0. The fourth-order valence-electron chi connectivity index (χ4n) is 2.14. The summed E-state index contributed by atoms with van der Waals surface area (Å²) in [6.45, 7) is 0.488. The molecule has 0 spiro atoms. The van der Waals surface area contributed by atoms with E-state index in [9.17, 15) is 4.79 Å². The summed E-state index contributed by atoms with van der Waals surface area (Å²) in [5.41, 5.74) is 0.857. The smallest absolute Gasteiger partial charge is 0.176 e. The van der Waals surface area contributed by atoms with Gasteiger partial charge >= 0.3 is 0 Å². The van der Waals surface area contributed by atoms with Crippen LogP contribution < -0.4 is 4.74 Å². The van der Waals surface area contributed by atoms with Crippen LogP contribution in [0.1, 0.15) is 22.5 Å². The lowest BCUT2D eigenvalue weighted by Crippen LogP contribution is -2.03. The van der Waals surface area contributed by atoms with Crippen LogP contribution in [0.3, 0.4) is 0 Å². The normalized spacial score (nSPS) is 10.5. The fraction of sp³-hybridized carbons (Fsp3) is 0.167. The Bertz CT molecular complexity index is 806. The van der Waals surface area contributed by atoms with Crippen LogP contribution in [0.5, 0.6) is 5.75 Å². The number of para-hydroxylation sites is 1. The predicted octanol–water partition coefficient (Wildman–Crippen LogP) is 4.90. The molecule has 0 aliphatic heterocycles. The SMILES string of the molecule is O=C(CCCOc1ccccc1)c1sc(-c2cccnc2)nc1Cl. The molecule has 6 heteroatoms. The second-order valence-corrected chi connectivity index (χ2v) is 6.43. The molecule has 1 aromatic carbocycles. The van der Waals surface area contributed by atoms with Gasteiger partial charge in [-0.05, 0) is 30.7 Å². The summed E-state index contributed by atoms with van der Waals surface area (Å²) in [6, 6.07) is 13.3. The molecule has 0 bridgehead atoms. The van der Waals surface area contributed by atoms with Crippen molar-refractivity contribution in [1.82, 2.24) is 9.97 Å². The van der Waals surface area contributed by atoms with Gasteiger partial charge in [-0.15, -0.1) is 11.3 Å². The number of ketones is 1. The number of aromatic nitrogens is 2. The third-order valence-corrected chi connectivity index (χ3v) is 4.84. The van der Waals surface area contributed by atoms with Crippen molar-refractivity contribution in [3.8, 4) is 16.3 Å². The molecule has 3 rings (SSSR count). The second-order valence-electron chi connectivity index (χ2n) is 5.07. The van der Waals surface area contributed by atoms with Crippen LogP contribution in [-0.4, -0.2) is 22.4 Å². The molecular formula is C18H15ClN2O2S. The van der Waals surface area contributed by atoms with E-state index in [2.05, 4.69) is 9.97 Å². The third-order valence-electron chi connectivity index (χ3n) is 3.31. The highest BCUT2D eigenvalue weighted by Crippen LogP contribution is 2.31. The first-order valence-electron chi connectivity index (χ1n) is 7.52. The summed E-state index contributed by atoms with van der Waals surface area (Å²) in [6.07, 6.45) is 4.40. The van der Waals surface area contributed by atoms with Crippen molar-refractivity contribution in [2.24, 2.45) is 0 Å². The molecular weight excluding hydrogens is 344 g/mol. The van der Waals surface area contributed by atoms with Crippen molar-refractivity contribution < 1.29 is 9.53 Å². The maximum atomic E-state index is 12.3. The average Bonchev–Trinajstić information content (AvgIpc) is 3.02. The van der Waals surface area contributed by atoms with Crippen molar-refractivity contribution >= 4 is 28.7 Å². The van der Waals surface area contributed by atoms with Crippen molar-refractivity contribution in [1.29, 1.82) is 0 Å². The molecule has 0 aliphatic carbocycles. The number of ether oxygens (including phenoxy) is 1. The first kappa shape index (κ1) is 16.6. The van der Waals surface area contributed by atoms with E-state index in [1.165, 1.54) is 11.3 Å². The van der Waals surface area contributed by atoms with Crippen LogP contribution in [-0.2, 0) is 0 Å². The van der Waals surface area contributed by atoms with Gasteiger partial charge in [0.25, 0.3) is 0 Å². The number of halogens is 1. The highest BCUT2D eigenvalue weighted by atomic mass is 35.5. The van der Waals surface area contributed by atoms with E-state index < -0.39 is 0 Å². The maximum Gasteiger partial charge on any atom is 0.176 e. The Kier molecular flexibility index (Phi) is 5.56. The molecule has 4 nitrogen and oxygen atoms in total. The maximum absolute atomic E-state index is 12.3. The van der Waals surface area contributed by atoms with Crippen LogP contribution in [0.4, 0.5) is 0 Å². The van der Waals surface area contributed by atoms with Gasteiger partial charge in [0.1, 0.15) is 15.6 Å². The summed E-state index contributed by atoms with van der Waals surface area (Å²) < 4.78 is 5.59. The lowest BCUT2D eigenvalue weighted by Gasteiger charge is -2.04. The molecule has 2 heterocycles. The molecule has 24 heavy (non-hydrogen) atoms. The highest BCUT2D eigenvalue weighted by Gasteiger charge is 2.17. The summed E-state index contributed by atoms with van der Waals surface area (Å²) in [4.78, 5) is 21.2. The van der Waals surface area contributed by atoms with Crippen LogP contribution in [0.15, 0.2) is 54.9 Å². The number of pyridine rings is 1. The van der Waals surface area contributed by atoms with E-state index in [1.54, 1.807) is 12.4 Å². The standard InChI is InChI=1S/C18H15ClN2O2S/c19-17-16(24-18(21-17)13-6-4-10-20-12-13)15(22)9-5-11-23-14-7-2-1-3-8-14/h1-4,6-8,10,12H,5,9,11H2.